The molecule has 100 valence electrons. The number of aromatic hydroxyl groups is 1. The highest BCUT2D eigenvalue weighted by Gasteiger charge is 2.23. The molecular formula is C15H23NO2. The second-order valence-corrected chi connectivity index (χ2v) is 5.22. The molecule has 2 rings (SSSR count). The van der Waals surface area contributed by atoms with Crippen LogP contribution in [0.4, 0.5) is 0 Å². The van der Waals surface area contributed by atoms with Gasteiger partial charge in [0.25, 0.3) is 0 Å². The van der Waals surface area contributed by atoms with Crippen molar-refractivity contribution in [2.75, 3.05) is 13.2 Å². The van der Waals surface area contributed by atoms with Crippen molar-refractivity contribution in [2.24, 2.45) is 17.6 Å². The summed E-state index contributed by atoms with van der Waals surface area (Å²) in [4.78, 5) is 0. The van der Waals surface area contributed by atoms with Crippen LogP contribution in [0, 0.1) is 11.8 Å². The molecule has 1 aliphatic rings. The van der Waals surface area contributed by atoms with Gasteiger partial charge in [-0.1, -0.05) is 25.0 Å². The molecule has 0 aromatic heterocycles. The van der Waals surface area contributed by atoms with Gasteiger partial charge in [-0.05, 0) is 48.9 Å². The SMILES string of the molecule is NCC1CCCCC1COCc1ccc(O)cc1. The predicted octanol–water partition coefficient (Wildman–Crippen LogP) is 2.67. The summed E-state index contributed by atoms with van der Waals surface area (Å²) >= 11 is 0. The van der Waals surface area contributed by atoms with E-state index in [4.69, 9.17) is 10.5 Å². The number of nitrogens with two attached hydrogens (primary N) is 1. The summed E-state index contributed by atoms with van der Waals surface area (Å²) in [7, 11) is 0. The summed E-state index contributed by atoms with van der Waals surface area (Å²) in [5.41, 5.74) is 6.91. The Balaban J connectivity index is 1.75. The lowest BCUT2D eigenvalue weighted by Crippen LogP contribution is -2.29. The number of hydrogen-bond acceptors (Lipinski definition) is 3. The monoisotopic (exact) mass is 249 g/mol. The zero-order valence-corrected chi connectivity index (χ0v) is 10.8. The fraction of sp³-hybridized carbons (Fsp3) is 0.600. The second kappa shape index (κ2) is 6.76. The van der Waals surface area contributed by atoms with E-state index < -0.39 is 0 Å². The molecule has 0 radical (unpaired) electrons. The maximum absolute atomic E-state index is 9.20. The van der Waals surface area contributed by atoms with Gasteiger partial charge in [0.15, 0.2) is 0 Å². The summed E-state index contributed by atoms with van der Waals surface area (Å²) in [6, 6.07) is 7.19. The Morgan fingerprint density at radius 1 is 1.11 bits per heavy atom. The van der Waals surface area contributed by atoms with Gasteiger partial charge >= 0.3 is 0 Å². The highest BCUT2D eigenvalue weighted by Crippen LogP contribution is 2.29. The highest BCUT2D eigenvalue weighted by molar-refractivity contribution is 5.25. The van der Waals surface area contributed by atoms with Gasteiger partial charge in [-0.25, -0.2) is 0 Å². The van der Waals surface area contributed by atoms with Gasteiger partial charge < -0.3 is 15.6 Å². The average molecular weight is 249 g/mol. The van der Waals surface area contributed by atoms with Gasteiger partial charge in [-0.3, -0.25) is 0 Å². The zero-order valence-electron chi connectivity index (χ0n) is 10.8. The lowest BCUT2D eigenvalue weighted by molar-refractivity contribution is 0.0512. The van der Waals surface area contributed by atoms with E-state index in [0.717, 1.165) is 18.7 Å². The minimum absolute atomic E-state index is 0.300. The van der Waals surface area contributed by atoms with Crippen LogP contribution in [0.15, 0.2) is 24.3 Å². The van der Waals surface area contributed by atoms with Crippen molar-refractivity contribution < 1.29 is 9.84 Å². The number of rotatable bonds is 5. The van der Waals surface area contributed by atoms with Crippen LogP contribution in [0.1, 0.15) is 31.2 Å². The lowest BCUT2D eigenvalue weighted by atomic mass is 9.80. The topological polar surface area (TPSA) is 55.5 Å². The number of phenolic OH excluding ortho intramolecular Hbond substituents is 1. The number of hydrogen-bond donors (Lipinski definition) is 2. The van der Waals surface area contributed by atoms with Crippen molar-refractivity contribution in [3.05, 3.63) is 29.8 Å². The third-order valence-electron chi connectivity index (χ3n) is 3.91. The van der Waals surface area contributed by atoms with E-state index in [0.29, 0.717) is 24.2 Å². The number of phenols is 1. The molecule has 3 nitrogen and oxygen atoms in total. The first kappa shape index (κ1) is 13.4. The normalized spacial score (nSPS) is 24.1. The molecule has 1 saturated carbocycles. The van der Waals surface area contributed by atoms with Crippen LogP contribution in [0.2, 0.25) is 0 Å². The smallest absolute Gasteiger partial charge is 0.115 e. The van der Waals surface area contributed by atoms with E-state index in [1.165, 1.54) is 25.7 Å². The van der Waals surface area contributed by atoms with E-state index in [2.05, 4.69) is 0 Å². The van der Waals surface area contributed by atoms with E-state index in [1.807, 2.05) is 12.1 Å². The minimum atomic E-state index is 0.300. The molecule has 0 heterocycles. The molecule has 3 heteroatoms. The van der Waals surface area contributed by atoms with Gasteiger partial charge in [0.1, 0.15) is 5.75 Å². The number of benzene rings is 1. The standard InChI is InChI=1S/C15H23NO2/c16-9-13-3-1-2-4-14(13)11-18-10-12-5-7-15(17)8-6-12/h5-8,13-14,17H,1-4,9-11,16H2. The highest BCUT2D eigenvalue weighted by atomic mass is 16.5. The van der Waals surface area contributed by atoms with Crippen molar-refractivity contribution >= 4 is 0 Å². The van der Waals surface area contributed by atoms with Gasteiger partial charge in [-0.2, -0.15) is 0 Å². The Bertz CT molecular complexity index is 350. The van der Waals surface area contributed by atoms with Crippen LogP contribution in [-0.2, 0) is 11.3 Å². The first-order chi connectivity index (χ1) is 8.79. The molecule has 0 aliphatic heterocycles. The maximum atomic E-state index is 9.20. The molecule has 0 spiro atoms. The third kappa shape index (κ3) is 3.72. The van der Waals surface area contributed by atoms with Crippen LogP contribution >= 0.6 is 0 Å². The van der Waals surface area contributed by atoms with Crippen LogP contribution in [0.25, 0.3) is 0 Å². The Hall–Kier alpha value is -1.06. The second-order valence-electron chi connectivity index (χ2n) is 5.22. The maximum Gasteiger partial charge on any atom is 0.115 e. The largest absolute Gasteiger partial charge is 0.508 e. The van der Waals surface area contributed by atoms with Gasteiger partial charge in [0.2, 0.25) is 0 Å². The molecule has 0 saturated heterocycles. The molecule has 0 amide bonds. The molecule has 3 N–H and O–H groups in total. The zero-order chi connectivity index (χ0) is 12.8. The van der Waals surface area contributed by atoms with Crippen molar-refractivity contribution in [1.82, 2.24) is 0 Å². The van der Waals surface area contributed by atoms with Gasteiger partial charge in [0, 0.05) is 0 Å². The quantitative estimate of drug-likeness (QED) is 0.843. The molecule has 1 fully saturated rings. The van der Waals surface area contributed by atoms with Crippen LogP contribution in [0.3, 0.4) is 0 Å². The molecule has 18 heavy (non-hydrogen) atoms. The Morgan fingerprint density at radius 2 is 1.78 bits per heavy atom. The molecular weight excluding hydrogens is 226 g/mol. The minimum Gasteiger partial charge on any atom is -0.508 e. The summed E-state index contributed by atoms with van der Waals surface area (Å²) < 4.78 is 5.79. The summed E-state index contributed by atoms with van der Waals surface area (Å²) in [5.74, 6) is 1.56. The number of ether oxygens (including phenoxy) is 1. The van der Waals surface area contributed by atoms with Crippen molar-refractivity contribution in [3.8, 4) is 5.75 Å². The Morgan fingerprint density at radius 3 is 2.44 bits per heavy atom. The van der Waals surface area contributed by atoms with Crippen LogP contribution in [0.5, 0.6) is 5.75 Å². The van der Waals surface area contributed by atoms with Gasteiger partial charge in [0.05, 0.1) is 13.2 Å². The van der Waals surface area contributed by atoms with Gasteiger partial charge in [-0.15, -0.1) is 0 Å². The molecule has 1 aliphatic carbocycles. The Labute approximate surface area is 109 Å². The van der Waals surface area contributed by atoms with E-state index in [-0.39, 0.29) is 0 Å². The molecule has 1 aromatic carbocycles. The first-order valence-electron chi connectivity index (χ1n) is 6.85. The van der Waals surface area contributed by atoms with Crippen LogP contribution < -0.4 is 5.73 Å². The van der Waals surface area contributed by atoms with E-state index in [1.54, 1.807) is 12.1 Å². The molecule has 0 bridgehead atoms. The lowest BCUT2D eigenvalue weighted by Gasteiger charge is -2.30. The summed E-state index contributed by atoms with van der Waals surface area (Å²) in [6.07, 6.45) is 5.13. The van der Waals surface area contributed by atoms with Crippen molar-refractivity contribution in [3.63, 3.8) is 0 Å². The molecule has 2 atom stereocenters. The fourth-order valence-corrected chi connectivity index (χ4v) is 2.73. The average Bonchev–Trinajstić information content (AvgIpc) is 2.41. The van der Waals surface area contributed by atoms with E-state index in [9.17, 15) is 5.11 Å². The summed E-state index contributed by atoms with van der Waals surface area (Å²) in [6.45, 7) is 2.21. The van der Waals surface area contributed by atoms with Crippen molar-refractivity contribution in [2.45, 2.75) is 32.3 Å². The predicted molar refractivity (Wildman–Crippen MR) is 72.3 cm³/mol. The summed E-state index contributed by atoms with van der Waals surface area (Å²) in [5, 5.41) is 9.20. The van der Waals surface area contributed by atoms with E-state index >= 15 is 0 Å². The van der Waals surface area contributed by atoms with Crippen molar-refractivity contribution in [1.29, 1.82) is 0 Å². The molecule has 2 unspecified atom stereocenters. The third-order valence-corrected chi connectivity index (χ3v) is 3.91. The van der Waals surface area contributed by atoms with Crippen LogP contribution in [-0.4, -0.2) is 18.3 Å². The fourth-order valence-electron chi connectivity index (χ4n) is 2.73. The first-order valence-corrected chi connectivity index (χ1v) is 6.85. The molecule has 1 aromatic rings. The Kier molecular flexibility index (Phi) is 5.02.